The first kappa shape index (κ1) is 21.4. The summed E-state index contributed by atoms with van der Waals surface area (Å²) in [4.78, 5) is 6.48. The Bertz CT molecular complexity index is 989. The van der Waals surface area contributed by atoms with Gasteiger partial charge < -0.3 is 9.32 Å². The van der Waals surface area contributed by atoms with Gasteiger partial charge in [0, 0.05) is 24.9 Å². The summed E-state index contributed by atoms with van der Waals surface area (Å²) in [6, 6.07) is 3.44. The van der Waals surface area contributed by atoms with E-state index >= 15 is 0 Å². The minimum atomic E-state index is -2.81. The van der Waals surface area contributed by atoms with Gasteiger partial charge in [-0.3, -0.25) is 4.98 Å². The maximum absolute atomic E-state index is 13.8. The molecule has 166 valence electrons. The van der Waals surface area contributed by atoms with Crippen molar-refractivity contribution in [3.05, 3.63) is 41.8 Å². The number of alkyl halides is 3. The molecule has 0 saturated carbocycles. The average Bonchev–Trinajstić information content (AvgIpc) is 3.38. The molecule has 0 unspecified atom stereocenters. The van der Waals surface area contributed by atoms with Crippen molar-refractivity contribution < 1.29 is 17.6 Å². The SMILES string of the molecule is CC(C)(F)CN1CCC(c2cn(Cc3ccc(-c4nnc(C(F)F)o4)cn3)nn2)CC1. The third-order valence-electron chi connectivity index (χ3n) is 5.18. The van der Waals surface area contributed by atoms with Crippen molar-refractivity contribution in [1.29, 1.82) is 0 Å². The fraction of sp³-hybridized carbons (Fsp3) is 0.550. The van der Waals surface area contributed by atoms with E-state index in [-0.39, 0.29) is 5.89 Å². The predicted octanol–water partition coefficient (Wildman–Crippen LogP) is 3.64. The molecule has 3 aromatic rings. The van der Waals surface area contributed by atoms with Gasteiger partial charge in [0.2, 0.25) is 5.89 Å². The van der Waals surface area contributed by atoms with E-state index in [2.05, 4.69) is 30.4 Å². The van der Waals surface area contributed by atoms with Crippen LogP contribution in [0.1, 0.15) is 56.3 Å². The molecule has 0 amide bonds. The van der Waals surface area contributed by atoms with Gasteiger partial charge in [0.1, 0.15) is 5.67 Å². The first-order chi connectivity index (χ1) is 14.8. The van der Waals surface area contributed by atoms with Crippen LogP contribution in [0.25, 0.3) is 11.5 Å². The van der Waals surface area contributed by atoms with Crippen LogP contribution in [0.4, 0.5) is 13.2 Å². The number of likely N-dealkylation sites (tertiary alicyclic amines) is 1. The molecule has 1 aliphatic rings. The summed E-state index contributed by atoms with van der Waals surface area (Å²) >= 11 is 0. The van der Waals surface area contributed by atoms with Crippen molar-refractivity contribution >= 4 is 0 Å². The molecule has 1 aliphatic heterocycles. The average molecular weight is 435 g/mol. The van der Waals surface area contributed by atoms with Gasteiger partial charge in [-0.2, -0.15) is 8.78 Å². The number of aromatic nitrogens is 6. The second-order valence-electron chi connectivity index (χ2n) is 8.39. The summed E-state index contributed by atoms with van der Waals surface area (Å²) in [6.45, 7) is 5.77. The Labute approximate surface area is 177 Å². The minimum absolute atomic E-state index is 0.000109. The van der Waals surface area contributed by atoms with E-state index < -0.39 is 18.0 Å². The van der Waals surface area contributed by atoms with E-state index in [1.165, 1.54) is 6.20 Å². The Balaban J connectivity index is 1.34. The van der Waals surface area contributed by atoms with Gasteiger partial charge in [0.05, 0.1) is 23.5 Å². The molecular formula is C20H24F3N7O. The van der Waals surface area contributed by atoms with Crippen LogP contribution in [0.15, 0.2) is 28.9 Å². The highest BCUT2D eigenvalue weighted by Gasteiger charge is 2.27. The fourth-order valence-electron chi connectivity index (χ4n) is 3.75. The van der Waals surface area contributed by atoms with Gasteiger partial charge in [-0.1, -0.05) is 5.21 Å². The molecule has 3 aromatic heterocycles. The first-order valence-electron chi connectivity index (χ1n) is 10.1. The molecule has 4 heterocycles. The van der Waals surface area contributed by atoms with Crippen molar-refractivity contribution in [3.8, 4) is 11.5 Å². The van der Waals surface area contributed by atoms with Crippen molar-refractivity contribution in [2.75, 3.05) is 19.6 Å². The van der Waals surface area contributed by atoms with Gasteiger partial charge >= 0.3 is 6.43 Å². The highest BCUT2D eigenvalue weighted by Crippen LogP contribution is 2.28. The summed E-state index contributed by atoms with van der Waals surface area (Å²) in [5.41, 5.74) is 0.938. The summed E-state index contributed by atoms with van der Waals surface area (Å²) in [5.74, 6) is -0.405. The molecule has 0 spiro atoms. The molecule has 0 aliphatic carbocycles. The minimum Gasteiger partial charge on any atom is -0.415 e. The maximum Gasteiger partial charge on any atom is 0.314 e. The zero-order valence-electron chi connectivity index (χ0n) is 17.4. The largest absolute Gasteiger partial charge is 0.415 e. The van der Waals surface area contributed by atoms with E-state index in [4.69, 9.17) is 4.42 Å². The number of hydrogen-bond acceptors (Lipinski definition) is 7. The van der Waals surface area contributed by atoms with Crippen LogP contribution in [-0.2, 0) is 6.54 Å². The molecule has 0 aromatic carbocycles. The van der Waals surface area contributed by atoms with Gasteiger partial charge in [0.15, 0.2) is 0 Å². The first-order valence-corrected chi connectivity index (χ1v) is 10.1. The number of hydrogen-bond donors (Lipinski definition) is 0. The van der Waals surface area contributed by atoms with Crippen molar-refractivity contribution in [2.24, 2.45) is 0 Å². The summed E-state index contributed by atoms with van der Waals surface area (Å²) in [6.07, 6.45) is 2.46. The Hall–Kier alpha value is -2.82. The molecule has 31 heavy (non-hydrogen) atoms. The Morgan fingerprint density at radius 3 is 2.55 bits per heavy atom. The monoisotopic (exact) mass is 435 g/mol. The molecule has 0 bridgehead atoms. The Morgan fingerprint density at radius 2 is 1.94 bits per heavy atom. The van der Waals surface area contributed by atoms with Crippen molar-refractivity contribution in [3.63, 3.8) is 0 Å². The van der Waals surface area contributed by atoms with Crippen LogP contribution in [0, 0.1) is 0 Å². The molecule has 4 rings (SSSR count). The van der Waals surface area contributed by atoms with Crippen LogP contribution in [0.2, 0.25) is 0 Å². The van der Waals surface area contributed by atoms with Crippen LogP contribution in [0.3, 0.4) is 0 Å². The standard InChI is InChI=1S/C20H24F3N7O/c1-20(2,23)12-29-7-5-13(6-8-29)16-11-30(28-25-16)10-15-4-3-14(9-24-15)18-26-27-19(31-18)17(21)22/h3-4,9,11,13,17H,5-8,10,12H2,1-2H3. The van der Waals surface area contributed by atoms with E-state index in [1.54, 1.807) is 30.7 Å². The second kappa shape index (κ2) is 8.74. The van der Waals surface area contributed by atoms with Crippen LogP contribution in [0.5, 0.6) is 0 Å². The highest BCUT2D eigenvalue weighted by atomic mass is 19.3. The topological polar surface area (TPSA) is 85.8 Å². The highest BCUT2D eigenvalue weighted by molar-refractivity contribution is 5.50. The third-order valence-corrected chi connectivity index (χ3v) is 5.18. The fourth-order valence-corrected chi connectivity index (χ4v) is 3.75. The van der Waals surface area contributed by atoms with Gasteiger partial charge in [-0.05, 0) is 51.9 Å². The van der Waals surface area contributed by atoms with Crippen molar-refractivity contribution in [1.82, 2.24) is 35.1 Å². The lowest BCUT2D eigenvalue weighted by Crippen LogP contribution is -2.40. The van der Waals surface area contributed by atoms with Crippen LogP contribution in [-0.4, -0.2) is 60.4 Å². The lowest BCUT2D eigenvalue weighted by Gasteiger charge is -2.33. The second-order valence-corrected chi connectivity index (χ2v) is 8.39. The Morgan fingerprint density at radius 1 is 1.16 bits per heavy atom. The van der Waals surface area contributed by atoms with E-state index in [1.807, 2.05) is 6.20 Å². The number of halogens is 3. The third kappa shape index (κ3) is 5.46. The van der Waals surface area contributed by atoms with E-state index in [0.717, 1.165) is 37.3 Å². The number of nitrogens with zero attached hydrogens (tertiary/aromatic N) is 7. The normalized spacial score (nSPS) is 16.3. The molecule has 0 atom stereocenters. The quantitative estimate of drug-likeness (QED) is 0.560. The van der Waals surface area contributed by atoms with E-state index in [0.29, 0.717) is 24.6 Å². The molecule has 8 nitrogen and oxygen atoms in total. The van der Waals surface area contributed by atoms with E-state index in [9.17, 15) is 13.2 Å². The zero-order chi connectivity index (χ0) is 22.0. The molecule has 1 saturated heterocycles. The number of rotatable bonds is 7. The van der Waals surface area contributed by atoms with Gasteiger partial charge in [0.25, 0.3) is 5.89 Å². The van der Waals surface area contributed by atoms with Gasteiger partial charge in [-0.25, -0.2) is 9.07 Å². The number of piperidine rings is 1. The summed E-state index contributed by atoms with van der Waals surface area (Å²) in [5, 5.41) is 15.4. The van der Waals surface area contributed by atoms with Crippen LogP contribution < -0.4 is 0 Å². The number of pyridine rings is 1. The Kier molecular flexibility index (Phi) is 6.03. The van der Waals surface area contributed by atoms with Gasteiger partial charge in [-0.15, -0.1) is 15.3 Å². The molecule has 0 N–H and O–H groups in total. The molecule has 11 heteroatoms. The molecule has 1 fully saturated rings. The maximum atomic E-state index is 13.8. The predicted molar refractivity (Wildman–Crippen MR) is 105 cm³/mol. The molecule has 0 radical (unpaired) electrons. The summed E-state index contributed by atoms with van der Waals surface area (Å²) in [7, 11) is 0. The van der Waals surface area contributed by atoms with Crippen molar-refractivity contribution in [2.45, 2.75) is 51.2 Å². The molecular weight excluding hydrogens is 411 g/mol. The lowest BCUT2D eigenvalue weighted by atomic mass is 9.93. The van der Waals surface area contributed by atoms with Crippen LogP contribution >= 0.6 is 0 Å². The zero-order valence-corrected chi connectivity index (χ0v) is 17.4. The lowest BCUT2D eigenvalue weighted by molar-refractivity contribution is 0.105. The summed E-state index contributed by atoms with van der Waals surface area (Å²) < 4.78 is 45.6. The smallest absolute Gasteiger partial charge is 0.314 e.